The van der Waals surface area contributed by atoms with Gasteiger partial charge in [-0.1, -0.05) is 78.4 Å². The Balaban J connectivity index is 1.66. The normalized spacial score (nSPS) is 11.9. The second-order valence-corrected chi connectivity index (χ2v) is 10.2. The molecular weight excluding hydrogens is 472 g/mol. The summed E-state index contributed by atoms with van der Waals surface area (Å²) in [6, 6.07) is 31.8. The highest BCUT2D eigenvalue weighted by Crippen LogP contribution is 2.26. The Kier molecular flexibility index (Phi) is 7.71. The van der Waals surface area contributed by atoms with E-state index in [0.717, 1.165) is 21.0 Å². The summed E-state index contributed by atoms with van der Waals surface area (Å²) in [5.41, 5.74) is 3.32. The van der Waals surface area contributed by atoms with Gasteiger partial charge in [0.2, 0.25) is 5.91 Å². The highest BCUT2D eigenvalue weighted by molar-refractivity contribution is 7.92. The lowest BCUT2D eigenvalue weighted by atomic mass is 9.98. The van der Waals surface area contributed by atoms with Crippen LogP contribution in [0.1, 0.15) is 22.7 Å². The molecule has 36 heavy (non-hydrogen) atoms. The SMILES string of the molecule is COc1ccc(S(=O)(=O)N(CC(=O)N[C@@H](c2ccccc2)c2ccc(C)cc2)c2ccccc2)cc1. The van der Waals surface area contributed by atoms with Crippen LogP contribution in [0.25, 0.3) is 0 Å². The van der Waals surface area contributed by atoms with Crippen LogP contribution in [-0.2, 0) is 14.8 Å². The third kappa shape index (κ3) is 5.75. The molecule has 0 bridgehead atoms. The summed E-state index contributed by atoms with van der Waals surface area (Å²) in [6.45, 7) is 1.62. The molecule has 0 radical (unpaired) electrons. The fraction of sp³-hybridized carbons (Fsp3) is 0.138. The van der Waals surface area contributed by atoms with Gasteiger partial charge in [0, 0.05) is 0 Å². The number of ether oxygens (including phenoxy) is 1. The average molecular weight is 501 g/mol. The van der Waals surface area contributed by atoms with Crippen molar-refractivity contribution in [3.63, 3.8) is 0 Å². The van der Waals surface area contributed by atoms with Crippen LogP contribution >= 0.6 is 0 Å². The molecule has 0 aliphatic heterocycles. The van der Waals surface area contributed by atoms with Gasteiger partial charge in [-0.05, 0) is 54.4 Å². The molecule has 4 rings (SSSR count). The lowest BCUT2D eigenvalue weighted by molar-refractivity contribution is -0.120. The zero-order valence-corrected chi connectivity index (χ0v) is 21.0. The number of rotatable bonds is 9. The van der Waals surface area contributed by atoms with E-state index in [2.05, 4.69) is 5.32 Å². The van der Waals surface area contributed by atoms with E-state index in [1.807, 2.05) is 61.5 Å². The van der Waals surface area contributed by atoms with Crippen LogP contribution in [0.4, 0.5) is 5.69 Å². The third-order valence-corrected chi connectivity index (χ3v) is 7.62. The van der Waals surface area contributed by atoms with Crippen LogP contribution in [0.15, 0.2) is 114 Å². The molecule has 0 aliphatic rings. The van der Waals surface area contributed by atoms with E-state index in [4.69, 9.17) is 4.74 Å². The van der Waals surface area contributed by atoms with E-state index < -0.39 is 22.0 Å². The van der Waals surface area contributed by atoms with E-state index >= 15 is 0 Å². The van der Waals surface area contributed by atoms with Crippen molar-refractivity contribution in [3.8, 4) is 5.75 Å². The van der Waals surface area contributed by atoms with Gasteiger partial charge in [0.15, 0.2) is 0 Å². The molecule has 0 heterocycles. The number of amides is 1. The lowest BCUT2D eigenvalue weighted by Crippen LogP contribution is -2.42. The molecule has 7 heteroatoms. The standard InChI is InChI=1S/C29H28N2O4S/c1-22-13-15-24(16-14-22)29(23-9-5-3-6-10-23)30-28(32)21-31(25-11-7-4-8-12-25)36(33,34)27-19-17-26(35-2)18-20-27/h3-20,29H,21H2,1-2H3,(H,30,32)/t29-/m0/s1. The quantitative estimate of drug-likeness (QED) is 0.347. The summed E-state index contributed by atoms with van der Waals surface area (Å²) in [5, 5.41) is 3.05. The minimum absolute atomic E-state index is 0.0677. The molecule has 0 saturated carbocycles. The first-order valence-electron chi connectivity index (χ1n) is 11.5. The van der Waals surface area contributed by atoms with E-state index in [1.165, 1.54) is 19.2 Å². The van der Waals surface area contributed by atoms with Crippen LogP contribution in [0.3, 0.4) is 0 Å². The largest absolute Gasteiger partial charge is 0.497 e. The molecule has 4 aromatic rings. The first-order valence-corrected chi connectivity index (χ1v) is 13.0. The highest BCUT2D eigenvalue weighted by atomic mass is 32.2. The van der Waals surface area contributed by atoms with Crippen LogP contribution in [0.2, 0.25) is 0 Å². The van der Waals surface area contributed by atoms with Crippen LogP contribution < -0.4 is 14.4 Å². The smallest absolute Gasteiger partial charge is 0.264 e. The number of anilines is 1. The second kappa shape index (κ2) is 11.1. The molecule has 1 atom stereocenters. The van der Waals surface area contributed by atoms with Crippen LogP contribution in [0, 0.1) is 6.92 Å². The molecule has 4 aromatic carbocycles. The predicted octanol–water partition coefficient (Wildman–Crippen LogP) is 5.10. The molecule has 1 N–H and O–H groups in total. The fourth-order valence-corrected chi connectivity index (χ4v) is 5.31. The number of nitrogens with one attached hydrogen (secondary N) is 1. The van der Waals surface area contributed by atoms with Gasteiger partial charge in [0.05, 0.1) is 23.7 Å². The number of aryl methyl sites for hydroxylation is 1. The molecule has 1 amide bonds. The summed E-state index contributed by atoms with van der Waals surface area (Å²) in [7, 11) is -2.51. The average Bonchev–Trinajstić information content (AvgIpc) is 2.92. The Morgan fingerprint density at radius 3 is 1.94 bits per heavy atom. The van der Waals surface area contributed by atoms with Crippen molar-refractivity contribution in [2.75, 3.05) is 18.0 Å². The fourth-order valence-electron chi connectivity index (χ4n) is 3.88. The molecule has 0 aliphatic carbocycles. The van der Waals surface area contributed by atoms with E-state index in [-0.39, 0.29) is 11.4 Å². The van der Waals surface area contributed by atoms with Crippen molar-refractivity contribution in [2.45, 2.75) is 17.9 Å². The minimum Gasteiger partial charge on any atom is -0.497 e. The van der Waals surface area contributed by atoms with Gasteiger partial charge in [-0.2, -0.15) is 0 Å². The number of carbonyl (C=O) groups excluding carboxylic acids is 1. The molecule has 0 saturated heterocycles. The van der Waals surface area contributed by atoms with E-state index in [9.17, 15) is 13.2 Å². The van der Waals surface area contributed by atoms with E-state index in [1.54, 1.807) is 42.5 Å². The van der Waals surface area contributed by atoms with Gasteiger partial charge in [0.1, 0.15) is 12.3 Å². The second-order valence-electron chi connectivity index (χ2n) is 8.34. The Morgan fingerprint density at radius 2 is 1.36 bits per heavy atom. The lowest BCUT2D eigenvalue weighted by Gasteiger charge is -2.26. The molecule has 0 fully saturated rings. The Bertz CT molecular complexity index is 1390. The molecule has 0 aromatic heterocycles. The molecule has 0 unspecified atom stereocenters. The molecular formula is C29H28N2O4S. The van der Waals surface area contributed by atoms with Crippen LogP contribution in [0.5, 0.6) is 5.75 Å². The minimum atomic E-state index is -4.03. The zero-order chi connectivity index (χ0) is 25.5. The highest BCUT2D eigenvalue weighted by Gasteiger charge is 2.28. The molecule has 0 spiro atoms. The summed E-state index contributed by atoms with van der Waals surface area (Å²) in [4.78, 5) is 13.5. The maximum absolute atomic E-state index is 13.6. The van der Waals surface area contributed by atoms with Gasteiger partial charge < -0.3 is 10.1 Å². The number of benzene rings is 4. The number of carbonyl (C=O) groups is 1. The summed E-state index contributed by atoms with van der Waals surface area (Å²) >= 11 is 0. The Hall–Kier alpha value is -4.10. The van der Waals surface area contributed by atoms with Crippen molar-refractivity contribution in [1.82, 2.24) is 5.32 Å². The van der Waals surface area contributed by atoms with Crippen molar-refractivity contribution in [1.29, 1.82) is 0 Å². The van der Waals surface area contributed by atoms with Crippen molar-refractivity contribution >= 4 is 21.6 Å². The van der Waals surface area contributed by atoms with Crippen LogP contribution in [-0.4, -0.2) is 28.0 Å². The third-order valence-electron chi connectivity index (χ3n) is 5.83. The number of methoxy groups -OCH3 is 1. The van der Waals surface area contributed by atoms with Gasteiger partial charge in [-0.15, -0.1) is 0 Å². The maximum atomic E-state index is 13.6. The summed E-state index contributed by atoms with van der Waals surface area (Å²) < 4.78 is 33.6. The predicted molar refractivity (Wildman–Crippen MR) is 142 cm³/mol. The summed E-state index contributed by atoms with van der Waals surface area (Å²) in [5.74, 6) is 0.118. The van der Waals surface area contributed by atoms with Crippen molar-refractivity contribution in [2.24, 2.45) is 0 Å². The molecule has 184 valence electrons. The Morgan fingerprint density at radius 1 is 0.806 bits per heavy atom. The van der Waals surface area contributed by atoms with E-state index in [0.29, 0.717) is 11.4 Å². The number of nitrogens with zero attached hydrogens (tertiary/aromatic N) is 1. The monoisotopic (exact) mass is 500 g/mol. The first-order chi connectivity index (χ1) is 17.4. The van der Waals surface area contributed by atoms with Crippen molar-refractivity contribution < 1.29 is 17.9 Å². The Labute approximate surface area is 212 Å². The number of hydrogen-bond acceptors (Lipinski definition) is 4. The zero-order valence-electron chi connectivity index (χ0n) is 20.2. The number of hydrogen-bond donors (Lipinski definition) is 1. The number of sulfonamides is 1. The van der Waals surface area contributed by atoms with Crippen molar-refractivity contribution in [3.05, 3.63) is 126 Å². The van der Waals surface area contributed by atoms with Gasteiger partial charge >= 0.3 is 0 Å². The number of para-hydroxylation sites is 1. The van der Waals surface area contributed by atoms with Gasteiger partial charge in [0.25, 0.3) is 10.0 Å². The van der Waals surface area contributed by atoms with Gasteiger partial charge in [-0.25, -0.2) is 8.42 Å². The van der Waals surface area contributed by atoms with Gasteiger partial charge in [-0.3, -0.25) is 9.10 Å². The first kappa shape index (κ1) is 25.0. The molecule has 6 nitrogen and oxygen atoms in total. The maximum Gasteiger partial charge on any atom is 0.264 e. The summed E-state index contributed by atoms with van der Waals surface area (Å²) in [6.07, 6.45) is 0. The topological polar surface area (TPSA) is 75.7 Å².